The van der Waals surface area contributed by atoms with Crippen molar-refractivity contribution in [3.8, 4) is 17.1 Å². The molecule has 0 aliphatic carbocycles. The normalized spacial score (nSPS) is 20.3. The van der Waals surface area contributed by atoms with Gasteiger partial charge in [0, 0.05) is 17.8 Å². The molecule has 30 heavy (non-hydrogen) atoms. The summed E-state index contributed by atoms with van der Waals surface area (Å²) in [7, 11) is 0. The summed E-state index contributed by atoms with van der Waals surface area (Å²) >= 11 is 1.46. The van der Waals surface area contributed by atoms with Crippen LogP contribution in [0.3, 0.4) is 0 Å². The van der Waals surface area contributed by atoms with Crippen molar-refractivity contribution in [2.24, 2.45) is 0 Å². The third-order valence-corrected chi connectivity index (χ3v) is 6.86. The first-order valence-electron chi connectivity index (χ1n) is 10.5. The molecule has 0 saturated carbocycles. The number of likely N-dealkylation sites (tertiary alicyclic amines) is 1. The standard InChI is InChI=1S/C23H28N4O2S/c1-15-9-8-10-16(2)26(15)22(28)18(4)30-23-25-24-21(20-13-14-29-17(20)3)27(23)19-11-6-5-7-12-19/h5-7,11-16,18H,8-10H2,1-4H3/t15-,16+,18-/m0/s1. The van der Waals surface area contributed by atoms with E-state index in [0.717, 1.165) is 29.9 Å². The van der Waals surface area contributed by atoms with Crippen molar-refractivity contribution in [2.45, 2.75) is 69.4 Å². The molecular formula is C23H28N4O2S. The summed E-state index contributed by atoms with van der Waals surface area (Å²) in [6, 6.07) is 12.5. The lowest BCUT2D eigenvalue weighted by atomic mass is 9.97. The molecular weight excluding hydrogens is 396 g/mol. The van der Waals surface area contributed by atoms with Crippen LogP contribution in [0.1, 0.15) is 45.8 Å². The maximum Gasteiger partial charge on any atom is 0.236 e. The number of furan rings is 1. The van der Waals surface area contributed by atoms with E-state index in [0.29, 0.717) is 11.0 Å². The van der Waals surface area contributed by atoms with Gasteiger partial charge in [-0.05, 0) is 65.2 Å². The number of piperidine rings is 1. The van der Waals surface area contributed by atoms with Crippen LogP contribution in [0, 0.1) is 6.92 Å². The lowest BCUT2D eigenvalue weighted by Crippen LogP contribution is -2.50. The Hall–Kier alpha value is -2.54. The minimum absolute atomic E-state index is 0.170. The molecule has 0 N–H and O–H groups in total. The Morgan fingerprint density at radius 1 is 1.13 bits per heavy atom. The Morgan fingerprint density at radius 2 is 1.83 bits per heavy atom. The molecule has 0 bridgehead atoms. The fourth-order valence-electron chi connectivity index (χ4n) is 4.22. The Balaban J connectivity index is 1.67. The molecule has 0 spiro atoms. The Labute approximate surface area is 181 Å². The highest BCUT2D eigenvalue weighted by molar-refractivity contribution is 8.00. The molecule has 1 aromatic carbocycles. The van der Waals surface area contributed by atoms with Crippen LogP contribution in [0.15, 0.2) is 52.2 Å². The maximum atomic E-state index is 13.3. The second kappa shape index (κ2) is 8.68. The fourth-order valence-corrected chi connectivity index (χ4v) is 5.15. The molecule has 3 heterocycles. The minimum atomic E-state index is -0.252. The first kappa shape index (κ1) is 20.7. The number of para-hydroxylation sites is 1. The van der Waals surface area contributed by atoms with Gasteiger partial charge in [-0.15, -0.1) is 10.2 Å². The summed E-state index contributed by atoms with van der Waals surface area (Å²) in [5, 5.41) is 9.37. The number of aromatic nitrogens is 3. The molecule has 1 saturated heterocycles. The zero-order chi connectivity index (χ0) is 21.3. The predicted molar refractivity (Wildman–Crippen MR) is 119 cm³/mol. The smallest absolute Gasteiger partial charge is 0.236 e. The van der Waals surface area contributed by atoms with Gasteiger partial charge in [0.15, 0.2) is 11.0 Å². The SMILES string of the molecule is Cc1occc1-c1nnc(S[C@@H](C)C(=O)N2[C@H](C)CCC[C@@H]2C)n1-c1ccccc1. The van der Waals surface area contributed by atoms with Gasteiger partial charge < -0.3 is 9.32 Å². The first-order valence-corrected chi connectivity index (χ1v) is 11.4. The number of benzene rings is 1. The Bertz CT molecular complexity index is 1000. The number of aryl methyl sites for hydroxylation is 1. The highest BCUT2D eigenvalue weighted by atomic mass is 32.2. The molecule has 6 nitrogen and oxygen atoms in total. The quantitative estimate of drug-likeness (QED) is 0.533. The molecule has 7 heteroatoms. The van der Waals surface area contributed by atoms with Gasteiger partial charge in [0.25, 0.3) is 0 Å². The van der Waals surface area contributed by atoms with Gasteiger partial charge >= 0.3 is 0 Å². The number of carbonyl (C=O) groups excluding carboxylic acids is 1. The molecule has 1 aliphatic rings. The van der Waals surface area contributed by atoms with Crippen LogP contribution < -0.4 is 0 Å². The average molecular weight is 425 g/mol. The van der Waals surface area contributed by atoms with Gasteiger partial charge in [0.1, 0.15) is 5.76 Å². The van der Waals surface area contributed by atoms with Crippen LogP contribution in [0.5, 0.6) is 0 Å². The molecule has 1 amide bonds. The van der Waals surface area contributed by atoms with Gasteiger partial charge in [-0.3, -0.25) is 9.36 Å². The number of carbonyl (C=O) groups is 1. The molecule has 1 fully saturated rings. The van der Waals surface area contributed by atoms with Gasteiger partial charge in [-0.2, -0.15) is 0 Å². The van der Waals surface area contributed by atoms with Gasteiger partial charge in [-0.1, -0.05) is 30.0 Å². The summed E-state index contributed by atoms with van der Waals surface area (Å²) in [5.41, 5.74) is 1.86. The van der Waals surface area contributed by atoms with Gasteiger partial charge in [0.05, 0.1) is 17.1 Å². The molecule has 0 radical (unpaired) electrons. The highest BCUT2D eigenvalue weighted by Crippen LogP contribution is 2.33. The van der Waals surface area contributed by atoms with Crippen LogP contribution in [-0.2, 0) is 4.79 Å². The van der Waals surface area contributed by atoms with E-state index in [9.17, 15) is 4.79 Å². The van der Waals surface area contributed by atoms with Crippen molar-refractivity contribution in [3.05, 3.63) is 48.4 Å². The predicted octanol–water partition coefficient (Wildman–Crippen LogP) is 5.11. The first-order chi connectivity index (χ1) is 14.5. The lowest BCUT2D eigenvalue weighted by Gasteiger charge is -2.40. The second-order valence-electron chi connectivity index (χ2n) is 8.00. The van der Waals surface area contributed by atoms with E-state index in [2.05, 4.69) is 28.9 Å². The summed E-state index contributed by atoms with van der Waals surface area (Å²) in [6.45, 7) is 8.18. The van der Waals surface area contributed by atoms with Crippen LogP contribution in [0.25, 0.3) is 17.1 Å². The number of hydrogen-bond acceptors (Lipinski definition) is 5. The van der Waals surface area contributed by atoms with Crippen LogP contribution in [-0.4, -0.2) is 42.9 Å². The van der Waals surface area contributed by atoms with Crippen LogP contribution in [0.2, 0.25) is 0 Å². The van der Waals surface area contributed by atoms with E-state index in [1.807, 2.05) is 54.8 Å². The second-order valence-corrected chi connectivity index (χ2v) is 9.31. The summed E-state index contributed by atoms with van der Waals surface area (Å²) in [5.74, 6) is 1.67. The molecule has 4 rings (SSSR count). The van der Waals surface area contributed by atoms with Crippen molar-refractivity contribution in [1.29, 1.82) is 0 Å². The van der Waals surface area contributed by atoms with E-state index in [-0.39, 0.29) is 23.2 Å². The molecule has 1 aliphatic heterocycles. The fraction of sp³-hybridized carbons (Fsp3) is 0.435. The maximum absolute atomic E-state index is 13.3. The third kappa shape index (κ3) is 3.90. The Kier molecular flexibility index (Phi) is 5.99. The summed E-state index contributed by atoms with van der Waals surface area (Å²) in [4.78, 5) is 15.4. The van der Waals surface area contributed by atoms with E-state index >= 15 is 0 Å². The highest BCUT2D eigenvalue weighted by Gasteiger charge is 2.33. The van der Waals surface area contributed by atoms with Crippen molar-refractivity contribution in [1.82, 2.24) is 19.7 Å². The Morgan fingerprint density at radius 3 is 2.47 bits per heavy atom. The molecule has 158 valence electrons. The number of thioether (sulfide) groups is 1. The zero-order valence-electron chi connectivity index (χ0n) is 17.9. The molecule has 0 unspecified atom stereocenters. The van der Waals surface area contributed by atoms with Crippen molar-refractivity contribution < 1.29 is 9.21 Å². The van der Waals surface area contributed by atoms with E-state index in [4.69, 9.17) is 4.42 Å². The van der Waals surface area contributed by atoms with Gasteiger partial charge in [0.2, 0.25) is 5.91 Å². The van der Waals surface area contributed by atoms with E-state index < -0.39 is 0 Å². The monoisotopic (exact) mass is 424 g/mol. The topological polar surface area (TPSA) is 64.2 Å². The van der Waals surface area contributed by atoms with E-state index in [1.54, 1.807) is 6.26 Å². The number of hydrogen-bond donors (Lipinski definition) is 0. The van der Waals surface area contributed by atoms with Crippen LogP contribution >= 0.6 is 11.8 Å². The lowest BCUT2D eigenvalue weighted by molar-refractivity contribution is -0.136. The average Bonchev–Trinajstić information content (AvgIpc) is 3.34. The number of rotatable bonds is 5. The molecule has 2 aromatic heterocycles. The summed E-state index contributed by atoms with van der Waals surface area (Å²) < 4.78 is 7.50. The van der Waals surface area contributed by atoms with Crippen LogP contribution in [0.4, 0.5) is 0 Å². The minimum Gasteiger partial charge on any atom is -0.469 e. The third-order valence-electron chi connectivity index (χ3n) is 5.83. The summed E-state index contributed by atoms with van der Waals surface area (Å²) in [6.07, 6.45) is 4.98. The van der Waals surface area contributed by atoms with Crippen molar-refractivity contribution >= 4 is 17.7 Å². The molecule has 3 atom stereocenters. The van der Waals surface area contributed by atoms with E-state index in [1.165, 1.54) is 18.2 Å². The number of amides is 1. The zero-order valence-corrected chi connectivity index (χ0v) is 18.7. The van der Waals surface area contributed by atoms with Crippen molar-refractivity contribution in [3.63, 3.8) is 0 Å². The van der Waals surface area contributed by atoms with Crippen molar-refractivity contribution in [2.75, 3.05) is 0 Å². The van der Waals surface area contributed by atoms with Gasteiger partial charge in [-0.25, -0.2) is 0 Å². The molecule has 3 aromatic rings. The number of nitrogens with zero attached hydrogens (tertiary/aromatic N) is 4. The largest absolute Gasteiger partial charge is 0.469 e.